The van der Waals surface area contributed by atoms with E-state index in [2.05, 4.69) is 50.2 Å². The summed E-state index contributed by atoms with van der Waals surface area (Å²) in [5.41, 5.74) is 0. The second kappa shape index (κ2) is 9.87. The van der Waals surface area contributed by atoms with Crippen LogP contribution in [0.3, 0.4) is 0 Å². The van der Waals surface area contributed by atoms with E-state index in [-0.39, 0.29) is 5.82 Å². The minimum atomic E-state index is -0.248. The summed E-state index contributed by atoms with van der Waals surface area (Å²) in [6, 6.07) is 13.4. The SMILES string of the molecule is CCOc1sc2c(C)sc(-c3cc4cc5c(OCC)c6cc7sc(C)cc7cc6c(OCC)c5cc4s3)c2c1F. The van der Waals surface area contributed by atoms with E-state index < -0.39 is 0 Å². The highest BCUT2D eigenvalue weighted by Gasteiger charge is 2.24. The van der Waals surface area contributed by atoms with Crippen LogP contribution in [0.2, 0.25) is 0 Å². The quantitative estimate of drug-likeness (QED) is 0.169. The van der Waals surface area contributed by atoms with Crippen molar-refractivity contribution in [1.29, 1.82) is 0 Å². The topological polar surface area (TPSA) is 27.7 Å². The molecule has 7 rings (SSSR count). The Hall–Kier alpha value is -2.91. The van der Waals surface area contributed by atoms with E-state index in [0.717, 1.165) is 62.5 Å². The molecule has 0 bridgehead atoms. The van der Waals surface area contributed by atoms with Gasteiger partial charge in [0.15, 0.2) is 5.82 Å². The zero-order chi connectivity index (χ0) is 27.7. The third-order valence-corrected chi connectivity index (χ3v) is 11.8. The van der Waals surface area contributed by atoms with Crippen LogP contribution in [0, 0.1) is 19.7 Å². The number of ether oxygens (including phenoxy) is 3. The molecule has 3 aromatic carbocycles. The van der Waals surface area contributed by atoms with E-state index >= 15 is 4.39 Å². The molecule has 4 aromatic heterocycles. The van der Waals surface area contributed by atoms with Crippen molar-refractivity contribution < 1.29 is 18.6 Å². The van der Waals surface area contributed by atoms with Gasteiger partial charge in [-0.2, -0.15) is 0 Å². The van der Waals surface area contributed by atoms with Crippen LogP contribution in [0.5, 0.6) is 16.6 Å². The number of hydrogen-bond acceptors (Lipinski definition) is 7. The average Bonchev–Trinajstić information content (AvgIpc) is 3.67. The van der Waals surface area contributed by atoms with Gasteiger partial charge in [0.05, 0.1) is 34.8 Å². The Bertz CT molecular complexity index is 1990. The third kappa shape index (κ3) is 3.91. The van der Waals surface area contributed by atoms with Crippen LogP contribution in [-0.2, 0) is 0 Å². The normalized spacial score (nSPS) is 12.1. The lowest BCUT2D eigenvalue weighted by Crippen LogP contribution is -1.98. The fourth-order valence-corrected chi connectivity index (χ4v) is 10.0. The van der Waals surface area contributed by atoms with Crippen LogP contribution in [-0.4, -0.2) is 19.8 Å². The molecular weight excluding hydrogens is 580 g/mol. The molecular formula is C32H27FO3S4. The highest BCUT2D eigenvalue weighted by atomic mass is 32.1. The molecule has 0 fully saturated rings. The van der Waals surface area contributed by atoms with Gasteiger partial charge in [0.25, 0.3) is 0 Å². The van der Waals surface area contributed by atoms with Crippen molar-refractivity contribution in [2.45, 2.75) is 34.6 Å². The highest BCUT2D eigenvalue weighted by Crippen LogP contribution is 2.52. The number of benzene rings is 3. The first-order valence-electron chi connectivity index (χ1n) is 13.4. The van der Waals surface area contributed by atoms with Crippen molar-refractivity contribution >= 4 is 97.2 Å². The van der Waals surface area contributed by atoms with Crippen LogP contribution < -0.4 is 14.2 Å². The maximum atomic E-state index is 15.5. The van der Waals surface area contributed by atoms with Gasteiger partial charge in [-0.1, -0.05) is 11.3 Å². The molecule has 0 radical (unpaired) electrons. The Kier molecular flexibility index (Phi) is 6.42. The molecule has 0 spiro atoms. The Balaban J connectivity index is 1.52. The Labute approximate surface area is 247 Å². The van der Waals surface area contributed by atoms with Gasteiger partial charge in [-0.3, -0.25) is 0 Å². The van der Waals surface area contributed by atoms with E-state index in [1.54, 1.807) is 34.0 Å². The lowest BCUT2D eigenvalue weighted by Gasteiger charge is -2.17. The van der Waals surface area contributed by atoms with E-state index in [0.29, 0.717) is 30.3 Å². The molecule has 0 aliphatic carbocycles. The van der Waals surface area contributed by atoms with Gasteiger partial charge >= 0.3 is 0 Å². The fraction of sp³-hybridized carbons (Fsp3) is 0.250. The van der Waals surface area contributed by atoms with Crippen LogP contribution in [0.25, 0.3) is 61.6 Å². The lowest BCUT2D eigenvalue weighted by atomic mass is 9.98. The van der Waals surface area contributed by atoms with E-state index in [1.165, 1.54) is 26.3 Å². The van der Waals surface area contributed by atoms with Crippen LogP contribution in [0.15, 0.2) is 36.4 Å². The van der Waals surface area contributed by atoms with E-state index in [1.807, 2.05) is 20.8 Å². The number of thiophene rings is 4. The number of rotatable bonds is 7. The predicted molar refractivity (Wildman–Crippen MR) is 174 cm³/mol. The van der Waals surface area contributed by atoms with Crippen molar-refractivity contribution in [3.63, 3.8) is 0 Å². The minimum absolute atomic E-state index is 0.248. The molecule has 0 aliphatic heterocycles. The van der Waals surface area contributed by atoms with Gasteiger partial charge in [-0.25, -0.2) is 4.39 Å². The summed E-state index contributed by atoms with van der Waals surface area (Å²) in [6.45, 7) is 11.7. The summed E-state index contributed by atoms with van der Waals surface area (Å²) < 4.78 is 37.1. The van der Waals surface area contributed by atoms with Crippen molar-refractivity contribution in [3.05, 3.63) is 52.0 Å². The summed E-state index contributed by atoms with van der Waals surface area (Å²) in [7, 11) is 0. The van der Waals surface area contributed by atoms with Gasteiger partial charge in [0.1, 0.15) is 11.5 Å². The summed E-state index contributed by atoms with van der Waals surface area (Å²) in [5.74, 6) is 1.53. The molecule has 0 aliphatic rings. The van der Waals surface area contributed by atoms with Crippen molar-refractivity contribution in [3.8, 4) is 26.3 Å². The monoisotopic (exact) mass is 606 g/mol. The maximum Gasteiger partial charge on any atom is 0.211 e. The predicted octanol–water partition coefficient (Wildman–Crippen LogP) is 11.3. The standard InChI is InChI=1S/C32H27FO3S4/c1-6-34-28-19-10-17-9-15(4)37-23(17)13-21(19)29(35-7-2)20-11-18-12-25(39-24(18)14-22(20)28)31-26-27(33)32(36-8-3)40-30(26)16(5)38-31/h9-14H,6-8H2,1-5H3. The third-order valence-electron chi connectivity index (χ3n) is 7.11. The minimum Gasteiger partial charge on any atom is -0.493 e. The largest absolute Gasteiger partial charge is 0.493 e. The van der Waals surface area contributed by atoms with Gasteiger partial charge in [-0.15, -0.1) is 34.0 Å². The molecule has 0 atom stereocenters. The second-order valence-corrected chi connectivity index (χ2v) is 14.3. The lowest BCUT2D eigenvalue weighted by molar-refractivity contribution is 0.334. The summed E-state index contributed by atoms with van der Waals surface area (Å²) in [5, 5.41) is 7.61. The van der Waals surface area contributed by atoms with Gasteiger partial charge < -0.3 is 14.2 Å². The highest BCUT2D eigenvalue weighted by molar-refractivity contribution is 7.30. The first kappa shape index (κ1) is 26.0. The molecule has 0 amide bonds. The van der Waals surface area contributed by atoms with Gasteiger partial charge in [0.2, 0.25) is 5.06 Å². The van der Waals surface area contributed by atoms with Gasteiger partial charge in [-0.05, 0) is 81.8 Å². The molecule has 8 heteroatoms. The molecule has 0 N–H and O–H groups in total. The van der Waals surface area contributed by atoms with Crippen LogP contribution >= 0.6 is 45.3 Å². The molecule has 40 heavy (non-hydrogen) atoms. The summed E-state index contributed by atoms with van der Waals surface area (Å²) in [4.78, 5) is 4.42. The molecule has 0 saturated heterocycles. The first-order valence-corrected chi connectivity index (χ1v) is 16.7. The van der Waals surface area contributed by atoms with Crippen LogP contribution in [0.1, 0.15) is 30.5 Å². The van der Waals surface area contributed by atoms with Crippen molar-refractivity contribution in [2.75, 3.05) is 19.8 Å². The number of fused-ring (bicyclic) bond motifs is 5. The first-order chi connectivity index (χ1) is 19.4. The van der Waals surface area contributed by atoms with E-state index in [4.69, 9.17) is 14.2 Å². The molecule has 0 saturated carbocycles. The van der Waals surface area contributed by atoms with Crippen molar-refractivity contribution in [1.82, 2.24) is 0 Å². The molecule has 7 aromatic rings. The number of aryl methyl sites for hydroxylation is 2. The second-order valence-electron chi connectivity index (χ2n) is 9.69. The summed E-state index contributed by atoms with van der Waals surface area (Å²) in [6.07, 6.45) is 0. The fourth-order valence-electron chi connectivity index (χ4n) is 5.55. The molecule has 4 heterocycles. The van der Waals surface area contributed by atoms with E-state index in [9.17, 15) is 0 Å². The average molecular weight is 607 g/mol. The number of hydrogen-bond donors (Lipinski definition) is 0. The zero-order valence-electron chi connectivity index (χ0n) is 22.8. The molecule has 204 valence electrons. The molecule has 0 unspecified atom stereocenters. The van der Waals surface area contributed by atoms with Crippen LogP contribution in [0.4, 0.5) is 4.39 Å². The maximum absolute atomic E-state index is 15.5. The smallest absolute Gasteiger partial charge is 0.211 e. The van der Waals surface area contributed by atoms with Crippen molar-refractivity contribution in [2.24, 2.45) is 0 Å². The Morgan fingerprint density at radius 2 is 1.23 bits per heavy atom. The Morgan fingerprint density at radius 3 is 1.85 bits per heavy atom. The van der Waals surface area contributed by atoms with Gasteiger partial charge in [0, 0.05) is 45.6 Å². The number of halogens is 1. The Morgan fingerprint density at radius 1 is 0.650 bits per heavy atom. The molecule has 3 nitrogen and oxygen atoms in total. The zero-order valence-corrected chi connectivity index (χ0v) is 26.1. The summed E-state index contributed by atoms with van der Waals surface area (Å²) >= 11 is 6.55.